The molecule has 3 rings (SSSR count). The molecule has 1 amide bonds. The van der Waals surface area contributed by atoms with E-state index in [1.165, 1.54) is 18.9 Å². The molecule has 0 aromatic heterocycles. The van der Waals surface area contributed by atoms with Crippen molar-refractivity contribution in [3.8, 4) is 11.5 Å². The summed E-state index contributed by atoms with van der Waals surface area (Å²) in [4.78, 5) is 31.2. The highest BCUT2D eigenvalue weighted by atomic mass is 32.2. The first-order chi connectivity index (χ1) is 12.5. The number of thioether (sulfide) groups is 1. The summed E-state index contributed by atoms with van der Waals surface area (Å²) in [7, 11) is 3.10. The first-order valence-corrected chi connectivity index (χ1v) is 9.13. The second-order valence-electron chi connectivity index (χ2n) is 5.68. The number of hydrogen-bond donors (Lipinski definition) is 0. The highest BCUT2D eigenvalue weighted by Crippen LogP contribution is 2.44. The Hall–Kier alpha value is -2.48. The third-order valence-corrected chi connectivity index (χ3v) is 5.15. The number of fused-ring (bicyclic) bond motifs is 1. The number of nitrogens with zero attached hydrogens (tertiary/aromatic N) is 2. The number of methoxy groups -OCH3 is 2. The van der Waals surface area contributed by atoms with Crippen molar-refractivity contribution in [2.45, 2.75) is 19.9 Å². The van der Waals surface area contributed by atoms with Gasteiger partial charge in [0.05, 0.1) is 37.8 Å². The van der Waals surface area contributed by atoms with Gasteiger partial charge in [0.2, 0.25) is 5.91 Å². The van der Waals surface area contributed by atoms with E-state index in [2.05, 4.69) is 4.99 Å². The predicted molar refractivity (Wildman–Crippen MR) is 98.4 cm³/mol. The standard InChI is InChI=1S/C18H20N2O5S/c1-5-25-17(22)15-10(2)19-18-20(14(21)9-26-18)16(15)12-7-6-11(23-3)8-13(12)24-4/h6-8,16H,5,9H2,1-4H3. The number of benzene rings is 1. The highest BCUT2D eigenvalue weighted by Gasteiger charge is 2.44. The Morgan fingerprint density at radius 3 is 2.77 bits per heavy atom. The van der Waals surface area contributed by atoms with Crippen molar-refractivity contribution in [3.05, 3.63) is 35.0 Å². The molecule has 1 fully saturated rings. The van der Waals surface area contributed by atoms with Crippen molar-refractivity contribution in [2.75, 3.05) is 26.6 Å². The first kappa shape index (κ1) is 18.3. The van der Waals surface area contributed by atoms with Crippen LogP contribution in [-0.4, -0.2) is 48.5 Å². The van der Waals surface area contributed by atoms with E-state index in [1.807, 2.05) is 0 Å². The Morgan fingerprint density at radius 2 is 2.12 bits per heavy atom. The van der Waals surface area contributed by atoms with Crippen LogP contribution in [0.2, 0.25) is 0 Å². The number of carbonyl (C=O) groups is 2. The predicted octanol–water partition coefficient (Wildman–Crippen LogP) is 2.53. The number of esters is 1. The maximum absolute atomic E-state index is 12.7. The number of aliphatic imine (C=N–C) groups is 1. The molecule has 1 atom stereocenters. The number of amides is 1. The van der Waals surface area contributed by atoms with Gasteiger partial charge in [-0.05, 0) is 26.0 Å². The van der Waals surface area contributed by atoms with Gasteiger partial charge >= 0.3 is 5.97 Å². The van der Waals surface area contributed by atoms with E-state index < -0.39 is 12.0 Å². The molecule has 1 saturated heterocycles. The molecular formula is C18H20N2O5S. The van der Waals surface area contributed by atoms with Crippen LogP contribution in [0.4, 0.5) is 0 Å². The van der Waals surface area contributed by atoms with Gasteiger partial charge < -0.3 is 14.2 Å². The Labute approximate surface area is 156 Å². The zero-order valence-electron chi connectivity index (χ0n) is 15.1. The minimum atomic E-state index is -0.648. The summed E-state index contributed by atoms with van der Waals surface area (Å²) in [5.41, 5.74) is 1.56. The summed E-state index contributed by atoms with van der Waals surface area (Å²) < 4.78 is 16.0. The zero-order valence-corrected chi connectivity index (χ0v) is 15.9. The topological polar surface area (TPSA) is 77.4 Å². The number of rotatable bonds is 5. The monoisotopic (exact) mass is 376 g/mol. The summed E-state index contributed by atoms with van der Waals surface area (Å²) in [5, 5.41) is 0.586. The van der Waals surface area contributed by atoms with Crippen molar-refractivity contribution in [1.82, 2.24) is 4.90 Å². The molecule has 0 bridgehead atoms. The molecule has 1 aromatic rings. The van der Waals surface area contributed by atoms with Crippen molar-refractivity contribution in [3.63, 3.8) is 0 Å². The molecule has 1 unspecified atom stereocenters. The molecule has 26 heavy (non-hydrogen) atoms. The van der Waals surface area contributed by atoms with E-state index in [4.69, 9.17) is 14.2 Å². The van der Waals surface area contributed by atoms with E-state index in [0.717, 1.165) is 0 Å². The van der Waals surface area contributed by atoms with Crippen LogP contribution < -0.4 is 9.47 Å². The lowest BCUT2D eigenvalue weighted by atomic mass is 9.93. The lowest BCUT2D eigenvalue weighted by Crippen LogP contribution is -2.39. The van der Waals surface area contributed by atoms with Crippen LogP contribution in [0.5, 0.6) is 11.5 Å². The van der Waals surface area contributed by atoms with Crippen LogP contribution in [0.15, 0.2) is 34.5 Å². The molecule has 2 heterocycles. The van der Waals surface area contributed by atoms with Crippen molar-refractivity contribution in [2.24, 2.45) is 4.99 Å². The molecule has 1 aromatic carbocycles. The van der Waals surface area contributed by atoms with Gasteiger partial charge in [0.1, 0.15) is 17.5 Å². The van der Waals surface area contributed by atoms with Gasteiger partial charge in [-0.1, -0.05) is 11.8 Å². The van der Waals surface area contributed by atoms with Gasteiger partial charge in [0.15, 0.2) is 5.17 Å². The van der Waals surface area contributed by atoms with E-state index in [-0.39, 0.29) is 18.3 Å². The Kier molecular flexibility index (Phi) is 5.22. The minimum absolute atomic E-state index is 0.106. The van der Waals surface area contributed by atoms with E-state index >= 15 is 0 Å². The quantitative estimate of drug-likeness (QED) is 0.735. The van der Waals surface area contributed by atoms with Crippen LogP contribution in [0.1, 0.15) is 25.5 Å². The fourth-order valence-electron chi connectivity index (χ4n) is 3.05. The number of allylic oxidation sites excluding steroid dienone is 1. The third-order valence-electron chi connectivity index (χ3n) is 4.21. The number of hydrogen-bond acceptors (Lipinski definition) is 7. The van der Waals surface area contributed by atoms with Crippen LogP contribution in [-0.2, 0) is 14.3 Å². The third kappa shape index (κ3) is 3.05. The maximum Gasteiger partial charge on any atom is 0.338 e. The zero-order chi connectivity index (χ0) is 18.8. The van der Waals surface area contributed by atoms with Crippen molar-refractivity contribution >= 4 is 28.8 Å². The number of carbonyl (C=O) groups excluding carboxylic acids is 2. The van der Waals surface area contributed by atoms with Gasteiger partial charge in [-0.25, -0.2) is 9.79 Å². The Morgan fingerprint density at radius 1 is 1.35 bits per heavy atom. The molecule has 8 heteroatoms. The molecule has 7 nitrogen and oxygen atoms in total. The smallest absolute Gasteiger partial charge is 0.338 e. The van der Waals surface area contributed by atoms with E-state index in [9.17, 15) is 9.59 Å². The first-order valence-electron chi connectivity index (χ1n) is 8.15. The van der Waals surface area contributed by atoms with E-state index in [1.54, 1.807) is 44.1 Å². The van der Waals surface area contributed by atoms with Crippen molar-refractivity contribution in [1.29, 1.82) is 0 Å². The summed E-state index contributed by atoms with van der Waals surface area (Å²) in [6, 6.07) is 4.65. The lowest BCUT2D eigenvalue weighted by Gasteiger charge is -2.33. The van der Waals surface area contributed by atoms with Crippen LogP contribution in [0.25, 0.3) is 0 Å². The average molecular weight is 376 g/mol. The SMILES string of the molecule is CCOC(=O)C1=C(C)N=C2SCC(=O)N2C1c1ccc(OC)cc1OC. The molecule has 0 spiro atoms. The summed E-state index contributed by atoms with van der Waals surface area (Å²) in [6.07, 6.45) is 0. The Bertz CT molecular complexity index is 818. The van der Waals surface area contributed by atoms with Crippen molar-refractivity contribution < 1.29 is 23.8 Å². The molecule has 138 valence electrons. The van der Waals surface area contributed by atoms with Gasteiger partial charge in [-0.2, -0.15) is 0 Å². The largest absolute Gasteiger partial charge is 0.497 e. The van der Waals surface area contributed by atoms with Crippen LogP contribution in [0.3, 0.4) is 0 Å². The van der Waals surface area contributed by atoms with Gasteiger partial charge in [0, 0.05) is 11.6 Å². The molecule has 0 N–H and O–H groups in total. The second kappa shape index (κ2) is 7.41. The normalized spacial score (nSPS) is 19.2. The van der Waals surface area contributed by atoms with Gasteiger partial charge in [0.25, 0.3) is 0 Å². The Balaban J connectivity index is 2.18. The maximum atomic E-state index is 12.7. The molecule has 0 aliphatic carbocycles. The summed E-state index contributed by atoms with van der Waals surface area (Å²) in [5.74, 6) is 0.842. The second-order valence-corrected chi connectivity index (χ2v) is 6.62. The molecule has 2 aliphatic heterocycles. The van der Waals surface area contributed by atoms with Crippen LogP contribution in [0, 0.1) is 0 Å². The fraction of sp³-hybridized carbons (Fsp3) is 0.389. The average Bonchev–Trinajstić information content (AvgIpc) is 3.00. The molecule has 0 saturated carbocycles. The van der Waals surface area contributed by atoms with Gasteiger partial charge in [-0.15, -0.1) is 0 Å². The fourth-order valence-corrected chi connectivity index (χ4v) is 3.99. The molecule has 2 aliphatic rings. The molecule has 0 radical (unpaired) electrons. The summed E-state index contributed by atoms with van der Waals surface area (Å²) >= 11 is 1.36. The minimum Gasteiger partial charge on any atom is -0.497 e. The molecular weight excluding hydrogens is 356 g/mol. The summed E-state index contributed by atoms with van der Waals surface area (Å²) in [6.45, 7) is 3.73. The number of amidine groups is 1. The van der Waals surface area contributed by atoms with E-state index in [0.29, 0.717) is 33.5 Å². The lowest BCUT2D eigenvalue weighted by molar-refractivity contribution is -0.139. The van der Waals surface area contributed by atoms with Gasteiger partial charge in [-0.3, -0.25) is 9.69 Å². The number of ether oxygens (including phenoxy) is 3. The van der Waals surface area contributed by atoms with Crippen LogP contribution >= 0.6 is 11.8 Å². The highest BCUT2D eigenvalue weighted by molar-refractivity contribution is 8.15.